The zero-order chi connectivity index (χ0) is 15.6. The van der Waals surface area contributed by atoms with Crippen molar-refractivity contribution in [3.63, 3.8) is 0 Å². The summed E-state index contributed by atoms with van der Waals surface area (Å²) >= 11 is 8.89. The van der Waals surface area contributed by atoms with Gasteiger partial charge in [-0.1, -0.05) is 27.5 Å². The van der Waals surface area contributed by atoms with Crippen LogP contribution >= 0.6 is 27.5 Å². The SMILES string of the molecule is COc1ccc(Cl)cc1CC(O)c1c(F)cc(Br)cc1F. The van der Waals surface area contributed by atoms with Gasteiger partial charge < -0.3 is 9.84 Å². The second-order valence-corrected chi connectivity index (χ2v) is 5.81. The van der Waals surface area contributed by atoms with Crippen molar-refractivity contribution in [2.24, 2.45) is 0 Å². The largest absolute Gasteiger partial charge is 0.496 e. The minimum atomic E-state index is -1.34. The van der Waals surface area contributed by atoms with Crippen LogP contribution in [-0.4, -0.2) is 12.2 Å². The molecular formula is C15H12BrClF2O2. The van der Waals surface area contributed by atoms with Gasteiger partial charge in [0.15, 0.2) is 0 Å². The fourth-order valence-corrected chi connectivity index (χ4v) is 2.69. The molecule has 0 radical (unpaired) electrons. The monoisotopic (exact) mass is 376 g/mol. The van der Waals surface area contributed by atoms with Crippen molar-refractivity contribution in [1.82, 2.24) is 0 Å². The molecule has 0 fully saturated rings. The predicted octanol–water partition coefficient (Wildman–Crippen LogP) is 4.67. The smallest absolute Gasteiger partial charge is 0.133 e. The first kappa shape index (κ1) is 16.2. The summed E-state index contributed by atoms with van der Waals surface area (Å²) in [6.45, 7) is 0. The molecular weight excluding hydrogens is 366 g/mol. The van der Waals surface area contributed by atoms with Gasteiger partial charge in [-0.15, -0.1) is 0 Å². The summed E-state index contributed by atoms with van der Waals surface area (Å²) in [4.78, 5) is 0. The molecule has 0 amide bonds. The average molecular weight is 378 g/mol. The summed E-state index contributed by atoms with van der Waals surface area (Å²) in [5.41, 5.74) is 0.194. The molecule has 2 aromatic rings. The Morgan fingerprint density at radius 1 is 1.24 bits per heavy atom. The average Bonchev–Trinajstić information content (AvgIpc) is 2.37. The molecule has 0 spiro atoms. The summed E-state index contributed by atoms with van der Waals surface area (Å²) in [6.07, 6.45) is -1.36. The molecule has 21 heavy (non-hydrogen) atoms. The fraction of sp³-hybridized carbons (Fsp3) is 0.200. The number of hydrogen-bond acceptors (Lipinski definition) is 2. The Labute approximate surface area is 134 Å². The van der Waals surface area contributed by atoms with Crippen LogP contribution in [0.4, 0.5) is 8.78 Å². The molecule has 0 aromatic heterocycles. The van der Waals surface area contributed by atoms with Crippen LogP contribution in [0.25, 0.3) is 0 Å². The van der Waals surface area contributed by atoms with Gasteiger partial charge in [0.2, 0.25) is 0 Å². The van der Waals surface area contributed by atoms with Gasteiger partial charge in [-0.25, -0.2) is 8.78 Å². The molecule has 1 unspecified atom stereocenters. The van der Waals surface area contributed by atoms with Crippen molar-refractivity contribution < 1.29 is 18.6 Å². The van der Waals surface area contributed by atoms with Crippen LogP contribution in [0.15, 0.2) is 34.8 Å². The summed E-state index contributed by atoms with van der Waals surface area (Å²) in [5, 5.41) is 10.6. The molecule has 0 aliphatic heterocycles. The van der Waals surface area contributed by atoms with Crippen molar-refractivity contribution in [3.05, 3.63) is 62.6 Å². The van der Waals surface area contributed by atoms with E-state index in [9.17, 15) is 13.9 Å². The molecule has 2 rings (SSSR count). The lowest BCUT2D eigenvalue weighted by Gasteiger charge is -2.15. The van der Waals surface area contributed by atoms with Crippen molar-refractivity contribution in [1.29, 1.82) is 0 Å². The maximum atomic E-state index is 13.8. The normalized spacial score (nSPS) is 12.3. The maximum Gasteiger partial charge on any atom is 0.133 e. The third kappa shape index (κ3) is 3.73. The van der Waals surface area contributed by atoms with E-state index in [1.165, 1.54) is 7.11 Å². The van der Waals surface area contributed by atoms with Crippen LogP contribution in [0.2, 0.25) is 5.02 Å². The van der Waals surface area contributed by atoms with Crippen LogP contribution in [-0.2, 0) is 6.42 Å². The highest BCUT2D eigenvalue weighted by molar-refractivity contribution is 9.10. The second-order valence-electron chi connectivity index (χ2n) is 4.46. The molecule has 112 valence electrons. The lowest BCUT2D eigenvalue weighted by Crippen LogP contribution is -2.08. The number of halogens is 4. The van der Waals surface area contributed by atoms with Crippen LogP contribution in [0.5, 0.6) is 5.75 Å². The lowest BCUT2D eigenvalue weighted by molar-refractivity contribution is 0.167. The van der Waals surface area contributed by atoms with E-state index in [0.29, 0.717) is 16.3 Å². The van der Waals surface area contributed by atoms with Crippen molar-refractivity contribution >= 4 is 27.5 Å². The molecule has 1 N–H and O–H groups in total. The number of rotatable bonds is 4. The topological polar surface area (TPSA) is 29.5 Å². The van der Waals surface area contributed by atoms with E-state index < -0.39 is 17.7 Å². The van der Waals surface area contributed by atoms with Crippen LogP contribution in [0.1, 0.15) is 17.2 Å². The highest BCUT2D eigenvalue weighted by Gasteiger charge is 2.20. The first-order valence-corrected chi connectivity index (χ1v) is 7.24. The summed E-state index contributed by atoms with van der Waals surface area (Å²) in [7, 11) is 1.47. The zero-order valence-electron chi connectivity index (χ0n) is 11.0. The minimum Gasteiger partial charge on any atom is -0.496 e. The second kappa shape index (κ2) is 6.73. The van der Waals surface area contributed by atoms with Gasteiger partial charge in [-0.3, -0.25) is 0 Å². The molecule has 2 nitrogen and oxygen atoms in total. The summed E-state index contributed by atoms with van der Waals surface area (Å²) < 4.78 is 33.1. The first-order valence-electron chi connectivity index (χ1n) is 6.07. The molecule has 0 saturated carbocycles. The minimum absolute atomic E-state index is 0.0147. The van der Waals surface area contributed by atoms with E-state index in [-0.39, 0.29) is 16.5 Å². The van der Waals surface area contributed by atoms with Gasteiger partial charge in [0.1, 0.15) is 17.4 Å². The Kier molecular flexibility index (Phi) is 5.19. The fourth-order valence-electron chi connectivity index (χ4n) is 2.09. The third-order valence-electron chi connectivity index (χ3n) is 3.03. The highest BCUT2D eigenvalue weighted by atomic mass is 79.9. The molecule has 0 aliphatic carbocycles. The molecule has 0 aliphatic rings. The first-order chi connectivity index (χ1) is 9.92. The van der Waals surface area contributed by atoms with Crippen molar-refractivity contribution in [2.75, 3.05) is 7.11 Å². The van der Waals surface area contributed by atoms with E-state index in [1.807, 2.05) is 0 Å². The third-order valence-corrected chi connectivity index (χ3v) is 3.73. The number of ether oxygens (including phenoxy) is 1. The standard InChI is InChI=1S/C15H12BrClF2O2/c1-21-14-3-2-10(17)4-8(14)5-13(20)15-11(18)6-9(16)7-12(15)19/h2-4,6-7,13,20H,5H2,1H3. The number of benzene rings is 2. The molecule has 0 heterocycles. The molecule has 1 atom stereocenters. The Hall–Kier alpha value is -1.17. The molecule has 6 heteroatoms. The van der Waals surface area contributed by atoms with Gasteiger partial charge >= 0.3 is 0 Å². The Balaban J connectivity index is 2.34. The van der Waals surface area contributed by atoms with Gasteiger partial charge in [0.05, 0.1) is 18.8 Å². The van der Waals surface area contributed by atoms with Crippen LogP contribution in [0, 0.1) is 11.6 Å². The van der Waals surface area contributed by atoms with Gasteiger partial charge in [0.25, 0.3) is 0 Å². The van der Waals surface area contributed by atoms with E-state index in [4.69, 9.17) is 16.3 Å². The van der Waals surface area contributed by atoms with E-state index >= 15 is 0 Å². The van der Waals surface area contributed by atoms with Crippen LogP contribution in [0.3, 0.4) is 0 Å². The Bertz CT molecular complexity index is 641. The number of aliphatic hydroxyl groups is 1. The van der Waals surface area contributed by atoms with Crippen molar-refractivity contribution in [3.8, 4) is 5.75 Å². The van der Waals surface area contributed by atoms with E-state index in [1.54, 1.807) is 18.2 Å². The van der Waals surface area contributed by atoms with Gasteiger partial charge in [-0.2, -0.15) is 0 Å². The lowest BCUT2D eigenvalue weighted by atomic mass is 10.00. The molecule has 2 aromatic carbocycles. The number of methoxy groups -OCH3 is 1. The summed E-state index contributed by atoms with van der Waals surface area (Å²) in [5.74, 6) is -1.12. The predicted molar refractivity (Wildman–Crippen MR) is 80.7 cm³/mol. The quantitative estimate of drug-likeness (QED) is 0.839. The van der Waals surface area contributed by atoms with E-state index in [2.05, 4.69) is 15.9 Å². The highest BCUT2D eigenvalue weighted by Crippen LogP contribution is 2.31. The Morgan fingerprint density at radius 2 is 1.86 bits per heavy atom. The van der Waals surface area contributed by atoms with Crippen molar-refractivity contribution in [2.45, 2.75) is 12.5 Å². The molecule has 0 saturated heterocycles. The van der Waals surface area contributed by atoms with Crippen LogP contribution < -0.4 is 4.74 Å². The van der Waals surface area contributed by atoms with Gasteiger partial charge in [-0.05, 0) is 35.9 Å². The zero-order valence-corrected chi connectivity index (χ0v) is 13.4. The molecule has 0 bridgehead atoms. The summed E-state index contributed by atoms with van der Waals surface area (Å²) in [6, 6.07) is 7.09. The number of hydrogen-bond donors (Lipinski definition) is 1. The van der Waals surface area contributed by atoms with Gasteiger partial charge in [0, 0.05) is 15.9 Å². The Morgan fingerprint density at radius 3 is 2.43 bits per heavy atom. The maximum absolute atomic E-state index is 13.8. The number of aliphatic hydroxyl groups excluding tert-OH is 1. The van der Waals surface area contributed by atoms with E-state index in [0.717, 1.165) is 12.1 Å².